The Morgan fingerprint density at radius 2 is 2.20 bits per heavy atom. The van der Waals surface area contributed by atoms with Crippen LogP contribution in [0.25, 0.3) is 6.08 Å². The molecule has 0 radical (unpaired) electrons. The quantitative estimate of drug-likeness (QED) is 0.623. The summed E-state index contributed by atoms with van der Waals surface area (Å²) in [6.45, 7) is 1.73. The highest BCUT2D eigenvalue weighted by molar-refractivity contribution is 6.30. The van der Waals surface area contributed by atoms with E-state index in [0.29, 0.717) is 16.1 Å². The molecule has 0 aliphatic heterocycles. The molecule has 1 aromatic carbocycles. The molecule has 15 heavy (non-hydrogen) atoms. The van der Waals surface area contributed by atoms with Crippen molar-refractivity contribution in [2.24, 2.45) is 0 Å². The maximum Gasteiger partial charge on any atom is 0.330 e. The summed E-state index contributed by atoms with van der Waals surface area (Å²) < 4.78 is 4.43. The van der Waals surface area contributed by atoms with Crippen molar-refractivity contribution < 1.29 is 14.6 Å². The van der Waals surface area contributed by atoms with Gasteiger partial charge >= 0.3 is 5.97 Å². The number of esters is 1. The molecule has 0 amide bonds. The molecule has 1 rings (SSSR count). The third kappa shape index (κ3) is 2.99. The number of hydrogen-bond acceptors (Lipinski definition) is 3. The van der Waals surface area contributed by atoms with Gasteiger partial charge in [0.25, 0.3) is 0 Å². The zero-order valence-electron chi connectivity index (χ0n) is 8.45. The van der Waals surface area contributed by atoms with Gasteiger partial charge in [0.1, 0.15) is 5.75 Å². The Labute approximate surface area is 92.9 Å². The third-order valence-electron chi connectivity index (χ3n) is 1.89. The lowest BCUT2D eigenvalue weighted by molar-refractivity contribution is -0.134. The van der Waals surface area contributed by atoms with Crippen molar-refractivity contribution in [3.05, 3.63) is 34.4 Å². The minimum absolute atomic E-state index is 0.111. The summed E-state index contributed by atoms with van der Waals surface area (Å²) in [5.74, 6) is -0.369. The Bertz CT molecular complexity index is 411. The second-order valence-corrected chi connectivity index (χ2v) is 3.45. The van der Waals surface area contributed by atoms with E-state index < -0.39 is 5.97 Å². The average molecular weight is 227 g/mol. The minimum atomic E-state index is -0.480. The molecule has 80 valence electrons. The predicted octanol–water partition coefficient (Wildman–Crippen LogP) is 2.54. The zero-order valence-corrected chi connectivity index (χ0v) is 9.21. The number of halogens is 1. The van der Waals surface area contributed by atoms with E-state index in [0.717, 1.165) is 0 Å². The largest absolute Gasteiger partial charge is 0.507 e. The van der Waals surface area contributed by atoms with Crippen LogP contribution in [0.5, 0.6) is 5.75 Å². The smallest absolute Gasteiger partial charge is 0.330 e. The summed E-state index contributed by atoms with van der Waals surface area (Å²) in [7, 11) is 1.29. The summed E-state index contributed by atoms with van der Waals surface area (Å²) in [5.41, 5.74) is 1.15. The van der Waals surface area contributed by atoms with Gasteiger partial charge in [0.05, 0.1) is 7.11 Å². The second-order valence-electron chi connectivity index (χ2n) is 3.02. The van der Waals surface area contributed by atoms with Gasteiger partial charge in [-0.1, -0.05) is 11.6 Å². The normalized spacial score (nSPS) is 10.6. The van der Waals surface area contributed by atoms with E-state index >= 15 is 0 Å². The molecule has 0 saturated heterocycles. The predicted molar refractivity (Wildman–Crippen MR) is 58.9 cm³/mol. The van der Waals surface area contributed by atoms with E-state index in [1.54, 1.807) is 19.1 Å². The highest BCUT2D eigenvalue weighted by Gasteiger charge is 2.04. The minimum Gasteiger partial charge on any atom is -0.507 e. The van der Waals surface area contributed by atoms with Gasteiger partial charge in [0, 0.05) is 16.7 Å². The molecule has 0 saturated carbocycles. The highest BCUT2D eigenvalue weighted by atomic mass is 35.5. The van der Waals surface area contributed by atoms with Crippen molar-refractivity contribution in [1.29, 1.82) is 0 Å². The van der Waals surface area contributed by atoms with Gasteiger partial charge in [-0.3, -0.25) is 0 Å². The van der Waals surface area contributed by atoms with E-state index in [1.165, 1.54) is 19.3 Å². The second kappa shape index (κ2) is 4.84. The van der Waals surface area contributed by atoms with Crippen LogP contribution >= 0.6 is 11.6 Å². The number of rotatable bonds is 2. The Morgan fingerprint density at radius 1 is 1.53 bits per heavy atom. The van der Waals surface area contributed by atoms with Gasteiger partial charge in [-0.05, 0) is 30.7 Å². The van der Waals surface area contributed by atoms with E-state index in [4.69, 9.17) is 11.6 Å². The van der Waals surface area contributed by atoms with Crippen molar-refractivity contribution >= 4 is 23.6 Å². The first-order valence-electron chi connectivity index (χ1n) is 4.29. The number of benzene rings is 1. The van der Waals surface area contributed by atoms with Gasteiger partial charge in [0.2, 0.25) is 0 Å². The van der Waals surface area contributed by atoms with Gasteiger partial charge in [-0.2, -0.15) is 0 Å². The molecule has 1 N–H and O–H groups in total. The average Bonchev–Trinajstić information content (AvgIpc) is 2.20. The Hall–Kier alpha value is -1.48. The maximum atomic E-state index is 10.8. The molecule has 0 fully saturated rings. The van der Waals surface area contributed by atoms with Crippen molar-refractivity contribution in [2.75, 3.05) is 7.11 Å². The molecule has 0 atom stereocenters. The van der Waals surface area contributed by atoms with Crippen LogP contribution in [-0.4, -0.2) is 18.2 Å². The number of ether oxygens (including phenoxy) is 1. The molecule has 0 heterocycles. The number of hydrogen-bond donors (Lipinski definition) is 1. The molecule has 0 aromatic heterocycles. The van der Waals surface area contributed by atoms with Crippen molar-refractivity contribution in [1.82, 2.24) is 0 Å². The topological polar surface area (TPSA) is 46.5 Å². The van der Waals surface area contributed by atoms with Crippen LogP contribution < -0.4 is 0 Å². The van der Waals surface area contributed by atoms with E-state index in [9.17, 15) is 9.90 Å². The molecule has 1 aromatic rings. The molecule has 0 bridgehead atoms. The summed E-state index contributed by atoms with van der Waals surface area (Å²) in [4.78, 5) is 10.8. The first-order valence-corrected chi connectivity index (χ1v) is 4.67. The van der Waals surface area contributed by atoms with Gasteiger partial charge in [-0.15, -0.1) is 0 Å². The van der Waals surface area contributed by atoms with Crippen LogP contribution in [0.15, 0.2) is 18.2 Å². The summed E-state index contributed by atoms with van der Waals surface area (Å²) in [5, 5.41) is 10.2. The molecule has 0 spiro atoms. The first kappa shape index (κ1) is 11.6. The summed E-state index contributed by atoms with van der Waals surface area (Å²) in [6, 6.07) is 3.22. The van der Waals surface area contributed by atoms with Gasteiger partial charge in [0.15, 0.2) is 0 Å². The molecule has 3 nitrogen and oxygen atoms in total. The summed E-state index contributed by atoms with van der Waals surface area (Å²) in [6.07, 6.45) is 2.69. The van der Waals surface area contributed by atoms with Gasteiger partial charge in [-0.25, -0.2) is 4.79 Å². The van der Waals surface area contributed by atoms with Crippen LogP contribution in [-0.2, 0) is 9.53 Å². The molecule has 0 aliphatic carbocycles. The molecule has 0 aliphatic rings. The van der Waals surface area contributed by atoms with Crippen molar-refractivity contribution in [3.63, 3.8) is 0 Å². The molecular formula is C11H11ClO3. The van der Waals surface area contributed by atoms with Crippen molar-refractivity contribution in [3.8, 4) is 5.75 Å². The number of aryl methyl sites for hydroxylation is 1. The molecule has 4 heteroatoms. The fourth-order valence-corrected chi connectivity index (χ4v) is 1.40. The lowest BCUT2D eigenvalue weighted by Crippen LogP contribution is -1.93. The number of phenols is 1. The third-order valence-corrected chi connectivity index (χ3v) is 2.11. The number of carbonyl (C=O) groups is 1. The maximum absolute atomic E-state index is 10.8. The zero-order chi connectivity index (χ0) is 11.4. The fourth-order valence-electron chi connectivity index (χ4n) is 1.11. The SMILES string of the molecule is COC(=O)C=Cc1cc(Cl)cc(C)c1O. The lowest BCUT2D eigenvalue weighted by Gasteiger charge is -2.03. The first-order chi connectivity index (χ1) is 7.04. The Balaban J connectivity index is 3.04. The van der Waals surface area contributed by atoms with Crippen LogP contribution in [0, 0.1) is 6.92 Å². The van der Waals surface area contributed by atoms with Crippen LogP contribution in [0.3, 0.4) is 0 Å². The fraction of sp³-hybridized carbons (Fsp3) is 0.182. The number of phenolic OH excluding ortho intramolecular Hbond substituents is 1. The van der Waals surface area contributed by atoms with E-state index in [1.807, 2.05) is 0 Å². The van der Waals surface area contributed by atoms with Crippen molar-refractivity contribution in [2.45, 2.75) is 6.92 Å². The van der Waals surface area contributed by atoms with E-state index in [2.05, 4.69) is 4.74 Å². The van der Waals surface area contributed by atoms with E-state index in [-0.39, 0.29) is 5.75 Å². The summed E-state index contributed by atoms with van der Waals surface area (Å²) >= 11 is 5.81. The number of carbonyl (C=O) groups excluding carboxylic acids is 1. The van der Waals surface area contributed by atoms with Crippen LogP contribution in [0.2, 0.25) is 5.02 Å². The van der Waals surface area contributed by atoms with Crippen LogP contribution in [0.1, 0.15) is 11.1 Å². The van der Waals surface area contributed by atoms with Crippen LogP contribution in [0.4, 0.5) is 0 Å². The Morgan fingerprint density at radius 3 is 2.80 bits per heavy atom. The molecular weight excluding hydrogens is 216 g/mol. The standard InChI is InChI=1S/C11H11ClO3/c1-7-5-9(12)6-8(11(7)14)3-4-10(13)15-2/h3-6,14H,1-2H3. The number of methoxy groups -OCH3 is 1. The molecule has 0 unspecified atom stereocenters. The monoisotopic (exact) mass is 226 g/mol. The Kier molecular flexibility index (Phi) is 3.74. The lowest BCUT2D eigenvalue weighted by atomic mass is 10.1. The van der Waals surface area contributed by atoms with Gasteiger partial charge < -0.3 is 9.84 Å². The number of aromatic hydroxyl groups is 1. The highest BCUT2D eigenvalue weighted by Crippen LogP contribution is 2.27.